The van der Waals surface area contributed by atoms with Gasteiger partial charge in [0.05, 0.1) is 0 Å². The Kier molecular flexibility index (Phi) is 3.18. The maximum atomic E-state index is 5.81. The van der Waals surface area contributed by atoms with Gasteiger partial charge in [-0.1, -0.05) is 19.9 Å². The predicted octanol–water partition coefficient (Wildman–Crippen LogP) is 4.59. The monoisotopic (exact) mass is 266 g/mol. The van der Waals surface area contributed by atoms with Gasteiger partial charge in [0.2, 0.25) is 5.89 Å². The molecule has 3 heteroatoms. The number of benzene rings is 2. The average Bonchev–Trinajstić information content (AvgIpc) is 2.90. The summed E-state index contributed by atoms with van der Waals surface area (Å²) in [5, 5.41) is 0. The van der Waals surface area contributed by atoms with E-state index >= 15 is 0 Å². The van der Waals surface area contributed by atoms with Crippen molar-refractivity contribution in [2.45, 2.75) is 26.2 Å². The minimum Gasteiger partial charge on any atom is -0.436 e. The van der Waals surface area contributed by atoms with Crippen molar-refractivity contribution < 1.29 is 4.42 Å². The van der Waals surface area contributed by atoms with E-state index in [9.17, 15) is 0 Å². The maximum Gasteiger partial charge on any atom is 0.227 e. The summed E-state index contributed by atoms with van der Waals surface area (Å²) in [6.07, 6.45) is 1.12. The fourth-order valence-electron chi connectivity index (χ4n) is 2.24. The van der Waals surface area contributed by atoms with Crippen molar-refractivity contribution in [3.8, 4) is 11.5 Å². The first-order valence-corrected chi connectivity index (χ1v) is 6.93. The molecule has 2 N–H and O–H groups in total. The third kappa shape index (κ3) is 2.27. The number of nitrogens with zero attached hydrogens (tertiary/aromatic N) is 1. The largest absolute Gasteiger partial charge is 0.436 e. The first-order chi connectivity index (χ1) is 9.67. The van der Waals surface area contributed by atoms with Crippen LogP contribution >= 0.6 is 0 Å². The van der Waals surface area contributed by atoms with Crippen molar-refractivity contribution in [2.75, 3.05) is 5.73 Å². The van der Waals surface area contributed by atoms with Gasteiger partial charge in [-0.05, 0) is 54.3 Å². The lowest BCUT2D eigenvalue weighted by Gasteiger charge is -2.07. The van der Waals surface area contributed by atoms with E-state index in [-0.39, 0.29) is 0 Å². The highest BCUT2D eigenvalue weighted by atomic mass is 16.3. The molecule has 1 aromatic heterocycles. The number of hydrogen-bond acceptors (Lipinski definition) is 3. The third-order valence-electron chi connectivity index (χ3n) is 3.75. The van der Waals surface area contributed by atoms with E-state index in [2.05, 4.69) is 31.0 Å². The van der Waals surface area contributed by atoms with Crippen molar-refractivity contribution in [2.24, 2.45) is 0 Å². The summed E-state index contributed by atoms with van der Waals surface area (Å²) in [6.45, 7) is 4.42. The molecule has 0 fully saturated rings. The van der Waals surface area contributed by atoms with E-state index in [4.69, 9.17) is 10.2 Å². The molecule has 0 radical (unpaired) electrons. The van der Waals surface area contributed by atoms with Crippen LogP contribution in [0, 0.1) is 0 Å². The van der Waals surface area contributed by atoms with Gasteiger partial charge in [-0.2, -0.15) is 0 Å². The van der Waals surface area contributed by atoms with Crippen LogP contribution in [0.25, 0.3) is 22.6 Å². The van der Waals surface area contributed by atoms with Crippen LogP contribution in [0.5, 0.6) is 0 Å². The lowest BCUT2D eigenvalue weighted by molar-refractivity contribution is 0.619. The molecule has 1 heterocycles. The highest BCUT2D eigenvalue weighted by molar-refractivity contribution is 5.77. The molecule has 0 aliphatic carbocycles. The molecule has 20 heavy (non-hydrogen) atoms. The number of hydrogen-bond donors (Lipinski definition) is 1. The Morgan fingerprint density at radius 1 is 1.15 bits per heavy atom. The summed E-state index contributed by atoms with van der Waals surface area (Å²) < 4.78 is 5.81. The normalized spacial score (nSPS) is 12.7. The number of nitrogens with two attached hydrogens (primary N) is 1. The Hall–Kier alpha value is -2.29. The number of fused-ring (bicyclic) bond motifs is 1. The first-order valence-electron chi connectivity index (χ1n) is 6.93. The van der Waals surface area contributed by atoms with Crippen molar-refractivity contribution in [1.82, 2.24) is 4.98 Å². The molecule has 2 aromatic carbocycles. The van der Waals surface area contributed by atoms with Crippen LogP contribution in [0.4, 0.5) is 5.69 Å². The van der Waals surface area contributed by atoms with E-state index in [1.807, 2.05) is 30.3 Å². The van der Waals surface area contributed by atoms with E-state index < -0.39 is 0 Å². The summed E-state index contributed by atoms with van der Waals surface area (Å²) >= 11 is 0. The maximum absolute atomic E-state index is 5.81. The summed E-state index contributed by atoms with van der Waals surface area (Å²) in [7, 11) is 0. The Balaban J connectivity index is 2.04. The molecule has 0 amide bonds. The van der Waals surface area contributed by atoms with Gasteiger partial charge in [-0.15, -0.1) is 0 Å². The Bertz CT molecular complexity index is 728. The molecule has 1 atom stereocenters. The molecule has 0 saturated carbocycles. The van der Waals surface area contributed by atoms with Crippen LogP contribution in [0.3, 0.4) is 0 Å². The van der Waals surface area contributed by atoms with Crippen LogP contribution in [-0.2, 0) is 0 Å². The molecule has 102 valence electrons. The number of aromatic nitrogens is 1. The van der Waals surface area contributed by atoms with Crippen LogP contribution in [0.15, 0.2) is 46.9 Å². The second kappa shape index (κ2) is 5.00. The van der Waals surface area contributed by atoms with Crippen LogP contribution in [0.1, 0.15) is 31.7 Å². The first kappa shape index (κ1) is 12.7. The number of oxazole rings is 1. The van der Waals surface area contributed by atoms with Crippen LogP contribution in [0.2, 0.25) is 0 Å². The van der Waals surface area contributed by atoms with E-state index in [1.165, 1.54) is 5.56 Å². The van der Waals surface area contributed by atoms with Crippen molar-refractivity contribution >= 4 is 16.8 Å². The lowest BCUT2D eigenvalue weighted by atomic mass is 9.98. The molecule has 3 rings (SSSR count). The molecule has 0 unspecified atom stereocenters. The molecular formula is C17H18N2O. The number of rotatable bonds is 3. The second-order valence-corrected chi connectivity index (χ2v) is 5.18. The molecule has 0 spiro atoms. The Morgan fingerprint density at radius 3 is 2.60 bits per heavy atom. The van der Waals surface area contributed by atoms with E-state index in [1.54, 1.807) is 0 Å². The second-order valence-electron chi connectivity index (χ2n) is 5.18. The summed E-state index contributed by atoms with van der Waals surface area (Å²) in [6, 6.07) is 13.8. The average molecular weight is 266 g/mol. The van der Waals surface area contributed by atoms with Gasteiger partial charge in [-0.3, -0.25) is 0 Å². The van der Waals surface area contributed by atoms with E-state index in [0.29, 0.717) is 11.8 Å². The van der Waals surface area contributed by atoms with E-state index in [0.717, 1.165) is 28.8 Å². The summed E-state index contributed by atoms with van der Waals surface area (Å²) in [4.78, 5) is 4.58. The van der Waals surface area contributed by atoms with Crippen molar-refractivity contribution in [3.05, 3.63) is 48.0 Å². The minimum atomic E-state index is 0.538. The fourth-order valence-corrected chi connectivity index (χ4v) is 2.24. The molecule has 3 aromatic rings. The quantitative estimate of drug-likeness (QED) is 0.705. The topological polar surface area (TPSA) is 52.0 Å². The highest BCUT2D eigenvalue weighted by Gasteiger charge is 2.10. The van der Waals surface area contributed by atoms with Crippen LogP contribution < -0.4 is 5.73 Å². The molecule has 0 saturated heterocycles. The SMILES string of the molecule is CC[C@H](C)c1ccc2oc(-c3ccc(N)cc3)nc2c1. The van der Waals surface area contributed by atoms with Gasteiger partial charge >= 0.3 is 0 Å². The summed E-state index contributed by atoms with van der Waals surface area (Å²) in [5.41, 5.74) is 10.4. The van der Waals surface area contributed by atoms with Gasteiger partial charge in [0.25, 0.3) is 0 Å². The van der Waals surface area contributed by atoms with Gasteiger partial charge in [0.15, 0.2) is 5.58 Å². The van der Waals surface area contributed by atoms with Gasteiger partial charge in [0, 0.05) is 11.3 Å². The van der Waals surface area contributed by atoms with Gasteiger partial charge in [0.1, 0.15) is 5.52 Å². The number of nitrogen functional groups attached to an aromatic ring is 1. The molecule has 0 aliphatic rings. The Morgan fingerprint density at radius 2 is 1.90 bits per heavy atom. The summed E-state index contributed by atoms with van der Waals surface area (Å²) in [5.74, 6) is 1.18. The molecule has 3 nitrogen and oxygen atoms in total. The van der Waals surface area contributed by atoms with Crippen LogP contribution in [-0.4, -0.2) is 4.98 Å². The molecule has 0 aliphatic heterocycles. The Labute approximate surface area is 118 Å². The highest BCUT2D eigenvalue weighted by Crippen LogP contribution is 2.28. The standard InChI is InChI=1S/C17H18N2O/c1-3-11(2)13-6-9-16-15(10-13)19-17(20-16)12-4-7-14(18)8-5-12/h4-11H,3,18H2,1-2H3/t11-/m0/s1. The zero-order valence-electron chi connectivity index (χ0n) is 11.8. The predicted molar refractivity (Wildman–Crippen MR) is 82.6 cm³/mol. The van der Waals surface area contributed by atoms with Crippen molar-refractivity contribution in [1.29, 1.82) is 0 Å². The zero-order valence-corrected chi connectivity index (χ0v) is 11.8. The van der Waals surface area contributed by atoms with Gasteiger partial charge in [-0.25, -0.2) is 4.98 Å². The van der Waals surface area contributed by atoms with Crippen molar-refractivity contribution in [3.63, 3.8) is 0 Å². The number of anilines is 1. The molecule has 0 bridgehead atoms. The molecular weight excluding hydrogens is 248 g/mol. The minimum absolute atomic E-state index is 0.538. The smallest absolute Gasteiger partial charge is 0.227 e. The lowest BCUT2D eigenvalue weighted by Crippen LogP contribution is -1.90. The fraction of sp³-hybridized carbons (Fsp3) is 0.235. The van der Waals surface area contributed by atoms with Gasteiger partial charge < -0.3 is 10.2 Å². The third-order valence-corrected chi connectivity index (χ3v) is 3.75. The zero-order chi connectivity index (χ0) is 14.1.